The van der Waals surface area contributed by atoms with E-state index in [2.05, 4.69) is 4.52 Å². The van der Waals surface area contributed by atoms with Crippen LogP contribution >= 0.6 is 7.82 Å². The Morgan fingerprint density at radius 2 is 1.75 bits per heavy atom. The van der Waals surface area contributed by atoms with Crippen LogP contribution in [0.15, 0.2) is 0 Å². The third kappa shape index (κ3) is 5.64. The normalized spacial score (nSPS) is 19.9. The molecule has 4 atom stereocenters. The molecule has 0 saturated heterocycles. The van der Waals surface area contributed by atoms with E-state index in [9.17, 15) is 19.6 Å². The molecule has 96 valence electrons. The first kappa shape index (κ1) is 15.6. The molecule has 0 heterocycles. The van der Waals surface area contributed by atoms with Crippen LogP contribution in [0.5, 0.6) is 0 Å². The van der Waals surface area contributed by atoms with Crippen molar-refractivity contribution in [1.29, 1.82) is 0 Å². The summed E-state index contributed by atoms with van der Waals surface area (Å²) in [6.45, 7) is -0.909. The number of aliphatic hydroxyl groups excluding tert-OH is 3. The van der Waals surface area contributed by atoms with E-state index >= 15 is 0 Å². The number of hydrogen-bond donors (Lipinski definition) is 6. The summed E-state index contributed by atoms with van der Waals surface area (Å²) in [5.41, 5.74) is 5.05. The molecule has 0 aliphatic rings. The number of aldehydes is 1. The lowest BCUT2D eigenvalue weighted by molar-refractivity contribution is -0.118. The Labute approximate surface area is 90.7 Å². The van der Waals surface area contributed by atoms with Crippen molar-refractivity contribution in [3.63, 3.8) is 0 Å². The fourth-order valence-corrected chi connectivity index (χ4v) is 1.15. The molecule has 0 aromatic heterocycles. The minimum atomic E-state index is -4.77. The van der Waals surface area contributed by atoms with Gasteiger partial charge in [0.25, 0.3) is 0 Å². The van der Waals surface area contributed by atoms with Crippen molar-refractivity contribution in [1.82, 2.24) is 0 Å². The molecule has 1 unspecified atom stereocenters. The van der Waals surface area contributed by atoms with Crippen LogP contribution in [-0.2, 0) is 13.9 Å². The van der Waals surface area contributed by atoms with Gasteiger partial charge in [0.2, 0.25) is 0 Å². The van der Waals surface area contributed by atoms with Crippen molar-refractivity contribution in [3.8, 4) is 0 Å². The van der Waals surface area contributed by atoms with E-state index in [-0.39, 0.29) is 6.29 Å². The molecule has 0 aromatic rings. The Balaban J connectivity index is 4.22. The Bertz CT molecular complexity index is 267. The predicted molar refractivity (Wildman–Crippen MR) is 50.1 cm³/mol. The fourth-order valence-electron chi connectivity index (χ4n) is 0.808. The van der Waals surface area contributed by atoms with Crippen molar-refractivity contribution >= 4 is 14.1 Å². The van der Waals surface area contributed by atoms with E-state index in [1.54, 1.807) is 0 Å². The lowest BCUT2D eigenvalue weighted by Gasteiger charge is -2.24. The maximum absolute atomic E-state index is 10.3. The zero-order valence-corrected chi connectivity index (χ0v) is 8.97. The Kier molecular flexibility index (Phi) is 6.23. The second-order valence-electron chi connectivity index (χ2n) is 3.05. The van der Waals surface area contributed by atoms with Crippen molar-refractivity contribution in [2.75, 3.05) is 6.61 Å². The van der Waals surface area contributed by atoms with E-state index in [1.807, 2.05) is 0 Å². The number of phosphoric acid groups is 1. The molecule has 0 bridgehead atoms. The highest BCUT2D eigenvalue weighted by Gasteiger charge is 2.30. The van der Waals surface area contributed by atoms with Crippen LogP contribution in [0.1, 0.15) is 0 Å². The molecular formula is C6H14NO8P. The first-order chi connectivity index (χ1) is 7.19. The van der Waals surface area contributed by atoms with Crippen LogP contribution in [0.25, 0.3) is 0 Å². The minimum Gasteiger partial charge on any atom is -0.388 e. The van der Waals surface area contributed by atoms with Gasteiger partial charge in [-0.05, 0) is 0 Å². The van der Waals surface area contributed by atoms with Crippen molar-refractivity contribution < 1.29 is 39.0 Å². The van der Waals surface area contributed by atoms with Gasteiger partial charge >= 0.3 is 7.82 Å². The molecule has 0 aliphatic carbocycles. The number of carbonyl (C=O) groups excluding carboxylic acids is 1. The first-order valence-corrected chi connectivity index (χ1v) is 5.67. The molecule has 0 rings (SSSR count). The molecule has 7 N–H and O–H groups in total. The summed E-state index contributed by atoms with van der Waals surface area (Å²) in [4.78, 5) is 26.7. The summed E-state index contributed by atoms with van der Waals surface area (Å²) in [6, 6.07) is -1.42. The van der Waals surface area contributed by atoms with Gasteiger partial charge < -0.3 is 35.6 Å². The number of nitrogens with two attached hydrogens (primary N) is 1. The van der Waals surface area contributed by atoms with Crippen molar-refractivity contribution in [2.45, 2.75) is 24.4 Å². The summed E-state index contributed by atoms with van der Waals surface area (Å²) in [5.74, 6) is 0. The molecule has 0 fully saturated rings. The van der Waals surface area contributed by atoms with E-state index < -0.39 is 38.8 Å². The summed E-state index contributed by atoms with van der Waals surface area (Å²) in [6.07, 6.45) is -5.24. The van der Waals surface area contributed by atoms with Crippen LogP contribution in [0.4, 0.5) is 0 Å². The van der Waals surface area contributed by atoms with Crippen LogP contribution in [0.3, 0.4) is 0 Å². The van der Waals surface area contributed by atoms with E-state index in [0.717, 1.165) is 0 Å². The van der Waals surface area contributed by atoms with Crippen molar-refractivity contribution in [2.24, 2.45) is 5.73 Å². The molecule has 0 saturated carbocycles. The molecule has 10 heteroatoms. The zero-order valence-electron chi connectivity index (χ0n) is 8.08. The van der Waals surface area contributed by atoms with E-state index in [1.165, 1.54) is 0 Å². The van der Waals surface area contributed by atoms with Gasteiger partial charge in [0, 0.05) is 0 Å². The van der Waals surface area contributed by atoms with Gasteiger partial charge in [0.05, 0.1) is 12.6 Å². The van der Waals surface area contributed by atoms with Gasteiger partial charge in [-0.1, -0.05) is 0 Å². The number of aliphatic hydroxyl groups is 3. The smallest absolute Gasteiger partial charge is 0.388 e. The number of carbonyl (C=O) groups is 1. The van der Waals surface area contributed by atoms with Crippen LogP contribution in [0, 0.1) is 0 Å². The second kappa shape index (κ2) is 6.38. The molecule has 0 radical (unpaired) electrons. The molecule has 0 aliphatic heterocycles. The van der Waals surface area contributed by atoms with Gasteiger partial charge in [0.1, 0.15) is 24.6 Å². The van der Waals surface area contributed by atoms with Gasteiger partial charge in [-0.2, -0.15) is 0 Å². The largest absolute Gasteiger partial charge is 0.469 e. The van der Waals surface area contributed by atoms with E-state index in [4.69, 9.17) is 20.6 Å². The summed E-state index contributed by atoms with van der Waals surface area (Å²) >= 11 is 0. The SMILES string of the molecule is N[C@@H](C=O)[C@@H](O)[C@H](O)C(O)COP(=O)(O)O. The number of rotatable bonds is 7. The summed E-state index contributed by atoms with van der Waals surface area (Å²) in [5, 5.41) is 27.5. The molecule has 0 aromatic carbocycles. The lowest BCUT2D eigenvalue weighted by Crippen LogP contribution is -2.50. The third-order valence-corrected chi connectivity index (χ3v) is 2.19. The number of hydrogen-bond acceptors (Lipinski definition) is 7. The maximum atomic E-state index is 10.3. The maximum Gasteiger partial charge on any atom is 0.469 e. The fraction of sp³-hybridized carbons (Fsp3) is 0.833. The standard InChI is InChI=1S/C6H14NO8P/c7-3(1-8)5(10)6(11)4(9)2-15-16(12,13)14/h1,3-6,9-11H,2,7H2,(H2,12,13,14)/t3-,4?,5+,6+/m0/s1. The zero-order chi connectivity index (χ0) is 12.9. The van der Waals surface area contributed by atoms with Crippen LogP contribution in [0.2, 0.25) is 0 Å². The topological polar surface area (TPSA) is 171 Å². The highest BCUT2D eigenvalue weighted by atomic mass is 31.2. The quantitative estimate of drug-likeness (QED) is 0.202. The molecular weight excluding hydrogens is 245 g/mol. The van der Waals surface area contributed by atoms with Gasteiger partial charge in [-0.15, -0.1) is 0 Å². The average Bonchev–Trinajstić information content (AvgIpc) is 2.21. The van der Waals surface area contributed by atoms with Gasteiger partial charge in [0.15, 0.2) is 0 Å². The molecule has 0 spiro atoms. The highest BCUT2D eigenvalue weighted by molar-refractivity contribution is 7.46. The van der Waals surface area contributed by atoms with E-state index in [0.29, 0.717) is 0 Å². The average molecular weight is 259 g/mol. The highest BCUT2D eigenvalue weighted by Crippen LogP contribution is 2.35. The summed E-state index contributed by atoms with van der Waals surface area (Å²) < 4.78 is 14.1. The predicted octanol–water partition coefficient (Wildman–Crippen LogP) is -3.30. The Morgan fingerprint density at radius 1 is 1.25 bits per heavy atom. The second-order valence-corrected chi connectivity index (χ2v) is 4.29. The molecule has 0 amide bonds. The lowest BCUT2D eigenvalue weighted by atomic mass is 10.0. The van der Waals surface area contributed by atoms with Crippen LogP contribution in [-0.4, -0.2) is 62.4 Å². The first-order valence-electron chi connectivity index (χ1n) is 4.14. The minimum absolute atomic E-state index is 0.157. The molecule has 9 nitrogen and oxygen atoms in total. The summed E-state index contributed by atoms with van der Waals surface area (Å²) in [7, 11) is -4.77. The number of phosphoric ester groups is 1. The Hall–Kier alpha value is -0.380. The van der Waals surface area contributed by atoms with Crippen LogP contribution < -0.4 is 5.73 Å². The Morgan fingerprint density at radius 3 is 2.12 bits per heavy atom. The molecule has 16 heavy (non-hydrogen) atoms. The van der Waals surface area contributed by atoms with Gasteiger partial charge in [-0.25, -0.2) is 4.57 Å². The monoisotopic (exact) mass is 259 g/mol. The van der Waals surface area contributed by atoms with Gasteiger partial charge in [-0.3, -0.25) is 4.52 Å². The third-order valence-electron chi connectivity index (χ3n) is 1.71. The van der Waals surface area contributed by atoms with Crippen molar-refractivity contribution in [3.05, 3.63) is 0 Å².